The van der Waals surface area contributed by atoms with Gasteiger partial charge in [0.25, 0.3) is 0 Å². The standard InChI is InChI=1S/C19H21ClN4O4S/c20-15-6-8-16(9-7-15)29(27,28)24-11-3-4-14(13-24)19(26)22-12-18(25)23-17-5-1-2-10-21-17/h1-2,5-10,14H,3-4,11-13H2,(H,22,26)(H,21,23,25). The number of hydrogen-bond donors (Lipinski definition) is 2. The monoisotopic (exact) mass is 436 g/mol. The number of halogens is 1. The molecule has 1 unspecified atom stereocenters. The summed E-state index contributed by atoms with van der Waals surface area (Å²) in [5, 5.41) is 5.60. The maximum Gasteiger partial charge on any atom is 0.244 e. The fraction of sp³-hybridized carbons (Fsp3) is 0.316. The largest absolute Gasteiger partial charge is 0.347 e. The van der Waals surface area contributed by atoms with Crippen molar-refractivity contribution < 1.29 is 18.0 Å². The van der Waals surface area contributed by atoms with E-state index in [0.717, 1.165) is 0 Å². The number of rotatable bonds is 6. The minimum absolute atomic E-state index is 0.0681. The molecule has 10 heteroatoms. The molecule has 1 aromatic heterocycles. The number of piperidine rings is 1. The number of aromatic nitrogens is 1. The summed E-state index contributed by atoms with van der Waals surface area (Å²) in [7, 11) is -3.71. The Hall–Kier alpha value is -2.49. The fourth-order valence-corrected chi connectivity index (χ4v) is 4.72. The summed E-state index contributed by atoms with van der Waals surface area (Å²) in [4.78, 5) is 28.5. The lowest BCUT2D eigenvalue weighted by molar-refractivity contribution is -0.128. The first kappa shape index (κ1) is 21.2. The number of carbonyl (C=O) groups excluding carboxylic acids is 2. The molecule has 0 spiro atoms. The van der Waals surface area contributed by atoms with Crippen molar-refractivity contribution in [3.8, 4) is 0 Å². The lowest BCUT2D eigenvalue weighted by Crippen LogP contribution is -2.46. The highest BCUT2D eigenvalue weighted by Gasteiger charge is 2.33. The van der Waals surface area contributed by atoms with E-state index in [1.165, 1.54) is 28.6 Å². The van der Waals surface area contributed by atoms with Crippen molar-refractivity contribution in [1.82, 2.24) is 14.6 Å². The third-order valence-electron chi connectivity index (χ3n) is 4.56. The van der Waals surface area contributed by atoms with Crippen LogP contribution in [0.2, 0.25) is 5.02 Å². The van der Waals surface area contributed by atoms with Crippen molar-refractivity contribution in [2.24, 2.45) is 5.92 Å². The van der Waals surface area contributed by atoms with Gasteiger partial charge in [0.1, 0.15) is 5.82 Å². The molecule has 1 saturated heterocycles. The quantitative estimate of drug-likeness (QED) is 0.718. The Balaban J connectivity index is 1.56. The van der Waals surface area contributed by atoms with Gasteiger partial charge in [0.15, 0.2) is 0 Å². The first-order chi connectivity index (χ1) is 13.9. The second kappa shape index (κ2) is 9.34. The molecule has 3 rings (SSSR count). The molecule has 0 bridgehead atoms. The van der Waals surface area contributed by atoms with Crippen LogP contribution in [-0.4, -0.2) is 49.2 Å². The van der Waals surface area contributed by atoms with Gasteiger partial charge >= 0.3 is 0 Å². The molecular formula is C19H21ClN4O4S. The highest BCUT2D eigenvalue weighted by atomic mass is 35.5. The Morgan fingerprint density at radius 3 is 2.62 bits per heavy atom. The van der Waals surface area contributed by atoms with E-state index in [-0.39, 0.29) is 23.9 Å². The van der Waals surface area contributed by atoms with E-state index >= 15 is 0 Å². The van der Waals surface area contributed by atoms with Crippen LogP contribution in [0.25, 0.3) is 0 Å². The third kappa shape index (κ3) is 5.53. The molecule has 1 aliphatic heterocycles. The van der Waals surface area contributed by atoms with Gasteiger partial charge in [0, 0.05) is 24.3 Å². The molecule has 0 saturated carbocycles. The van der Waals surface area contributed by atoms with Crippen LogP contribution in [-0.2, 0) is 19.6 Å². The molecule has 1 aromatic carbocycles. The molecule has 8 nitrogen and oxygen atoms in total. The number of benzene rings is 1. The fourth-order valence-electron chi connectivity index (χ4n) is 3.07. The summed E-state index contributed by atoms with van der Waals surface area (Å²) in [6.07, 6.45) is 2.66. The van der Waals surface area contributed by atoms with Gasteiger partial charge in [-0.25, -0.2) is 13.4 Å². The lowest BCUT2D eigenvalue weighted by atomic mass is 9.99. The molecule has 2 heterocycles. The molecule has 1 atom stereocenters. The predicted octanol–water partition coefficient (Wildman–Crippen LogP) is 1.89. The van der Waals surface area contributed by atoms with Crippen molar-refractivity contribution in [2.75, 3.05) is 25.0 Å². The van der Waals surface area contributed by atoms with Gasteiger partial charge in [-0.2, -0.15) is 4.31 Å². The highest BCUT2D eigenvalue weighted by Crippen LogP contribution is 2.24. The Morgan fingerprint density at radius 1 is 1.17 bits per heavy atom. The van der Waals surface area contributed by atoms with Crippen LogP contribution in [0.15, 0.2) is 53.6 Å². The summed E-state index contributed by atoms with van der Waals surface area (Å²) in [6.45, 7) is 0.198. The zero-order valence-corrected chi connectivity index (χ0v) is 17.1. The van der Waals surface area contributed by atoms with E-state index in [4.69, 9.17) is 11.6 Å². The van der Waals surface area contributed by atoms with E-state index < -0.39 is 21.8 Å². The second-order valence-electron chi connectivity index (χ2n) is 6.64. The average molecular weight is 437 g/mol. The molecule has 2 amide bonds. The summed E-state index contributed by atoms with van der Waals surface area (Å²) >= 11 is 5.83. The molecule has 29 heavy (non-hydrogen) atoms. The number of hydrogen-bond acceptors (Lipinski definition) is 5. The van der Waals surface area contributed by atoms with Crippen LogP contribution in [0.4, 0.5) is 5.82 Å². The van der Waals surface area contributed by atoms with E-state index in [1.54, 1.807) is 24.4 Å². The number of carbonyl (C=O) groups is 2. The number of pyridine rings is 1. The van der Waals surface area contributed by atoms with Gasteiger partial charge in [0.2, 0.25) is 21.8 Å². The van der Waals surface area contributed by atoms with Gasteiger partial charge in [-0.05, 0) is 49.2 Å². The maximum absolute atomic E-state index is 12.8. The van der Waals surface area contributed by atoms with Crippen molar-refractivity contribution in [1.29, 1.82) is 0 Å². The first-order valence-electron chi connectivity index (χ1n) is 9.10. The number of anilines is 1. The highest BCUT2D eigenvalue weighted by molar-refractivity contribution is 7.89. The van der Waals surface area contributed by atoms with Crippen LogP contribution >= 0.6 is 11.6 Å². The third-order valence-corrected chi connectivity index (χ3v) is 6.69. The second-order valence-corrected chi connectivity index (χ2v) is 9.01. The zero-order chi connectivity index (χ0) is 20.9. The summed E-state index contributed by atoms with van der Waals surface area (Å²) in [6, 6.07) is 11.0. The van der Waals surface area contributed by atoms with Gasteiger partial charge < -0.3 is 10.6 Å². The predicted molar refractivity (Wildman–Crippen MR) is 109 cm³/mol. The van der Waals surface area contributed by atoms with E-state index in [9.17, 15) is 18.0 Å². The van der Waals surface area contributed by atoms with E-state index in [2.05, 4.69) is 15.6 Å². The average Bonchev–Trinajstić information content (AvgIpc) is 2.73. The zero-order valence-electron chi connectivity index (χ0n) is 15.5. The summed E-state index contributed by atoms with van der Waals surface area (Å²) < 4.78 is 26.9. The molecular weight excluding hydrogens is 416 g/mol. The minimum atomic E-state index is -3.71. The molecule has 0 radical (unpaired) electrons. The van der Waals surface area contributed by atoms with Crippen molar-refractivity contribution >= 4 is 39.3 Å². The topological polar surface area (TPSA) is 108 Å². The van der Waals surface area contributed by atoms with E-state index in [0.29, 0.717) is 30.2 Å². The number of sulfonamides is 1. The Labute approximate surface area is 174 Å². The molecule has 2 N–H and O–H groups in total. The van der Waals surface area contributed by atoms with Crippen molar-refractivity contribution in [2.45, 2.75) is 17.7 Å². The summed E-state index contributed by atoms with van der Waals surface area (Å²) in [5.74, 6) is -0.881. The number of nitrogens with one attached hydrogen (secondary N) is 2. The molecule has 154 valence electrons. The van der Waals surface area contributed by atoms with Crippen LogP contribution < -0.4 is 10.6 Å². The van der Waals surface area contributed by atoms with Gasteiger partial charge in [-0.15, -0.1) is 0 Å². The number of amides is 2. The minimum Gasteiger partial charge on any atom is -0.347 e. The lowest BCUT2D eigenvalue weighted by Gasteiger charge is -2.31. The Morgan fingerprint density at radius 2 is 1.93 bits per heavy atom. The summed E-state index contributed by atoms with van der Waals surface area (Å²) in [5.41, 5.74) is 0. The van der Waals surface area contributed by atoms with Crippen LogP contribution in [0.5, 0.6) is 0 Å². The smallest absolute Gasteiger partial charge is 0.244 e. The van der Waals surface area contributed by atoms with Crippen LogP contribution in [0.3, 0.4) is 0 Å². The van der Waals surface area contributed by atoms with Crippen molar-refractivity contribution in [3.63, 3.8) is 0 Å². The first-order valence-corrected chi connectivity index (χ1v) is 10.9. The van der Waals surface area contributed by atoms with Crippen molar-refractivity contribution in [3.05, 3.63) is 53.7 Å². The van der Waals surface area contributed by atoms with Gasteiger partial charge in [-0.1, -0.05) is 17.7 Å². The van der Waals surface area contributed by atoms with Gasteiger partial charge in [-0.3, -0.25) is 9.59 Å². The van der Waals surface area contributed by atoms with Crippen LogP contribution in [0.1, 0.15) is 12.8 Å². The molecule has 1 aliphatic rings. The normalized spacial score (nSPS) is 17.5. The van der Waals surface area contributed by atoms with E-state index in [1.807, 2.05) is 0 Å². The Kier molecular flexibility index (Phi) is 6.83. The van der Waals surface area contributed by atoms with Crippen LogP contribution in [0, 0.1) is 5.92 Å². The maximum atomic E-state index is 12.8. The number of nitrogens with zero attached hydrogens (tertiary/aromatic N) is 2. The molecule has 0 aliphatic carbocycles. The molecule has 1 fully saturated rings. The molecule has 2 aromatic rings. The Bertz CT molecular complexity index is 967. The van der Waals surface area contributed by atoms with Gasteiger partial charge in [0.05, 0.1) is 17.4 Å². The SMILES string of the molecule is O=C(CNC(=O)C1CCCN(S(=O)(=O)c2ccc(Cl)cc2)C1)Nc1ccccn1.